The fourth-order valence-electron chi connectivity index (χ4n) is 9.85. The fraction of sp³-hybridized carbons (Fsp3) is 0.271. The smallest absolute Gasteiger partial charge is 0.234 e. The number of fused-ring (bicyclic) bond motifs is 9. The highest BCUT2D eigenvalue weighted by Gasteiger charge is 2.29. The van der Waals surface area contributed by atoms with Gasteiger partial charge in [0, 0.05) is 38.0 Å². The Morgan fingerprint density at radius 2 is 0.746 bits per heavy atom. The molecule has 10 rings (SSSR count). The van der Waals surface area contributed by atoms with Crippen molar-refractivity contribution in [3.8, 4) is 17.1 Å². The highest BCUT2D eigenvalue weighted by molar-refractivity contribution is 6.20. The Labute approximate surface area is 372 Å². The van der Waals surface area contributed by atoms with Gasteiger partial charge in [-0.15, -0.1) is 0 Å². The molecule has 314 valence electrons. The van der Waals surface area contributed by atoms with Crippen molar-refractivity contribution in [2.45, 2.75) is 105 Å². The molecule has 0 atom stereocenters. The first-order valence-electron chi connectivity index (χ1n) is 22.5. The molecule has 0 fully saturated rings. The van der Waals surface area contributed by atoms with E-state index in [1.165, 1.54) is 43.8 Å². The largest absolute Gasteiger partial charge is 0.319 e. The summed E-state index contributed by atoms with van der Waals surface area (Å²) in [7, 11) is 0. The Bertz CT molecular complexity index is 3390. The van der Waals surface area contributed by atoms with E-state index in [1.54, 1.807) is 0 Å². The number of nitrogens with zero attached hydrogens (tertiary/aromatic N) is 4. The van der Waals surface area contributed by atoms with Gasteiger partial charge in [0.05, 0.1) is 51.0 Å². The van der Waals surface area contributed by atoms with Gasteiger partial charge in [0.25, 0.3) is 0 Å². The summed E-state index contributed by atoms with van der Waals surface area (Å²) in [5.74, 6) is 0. The minimum atomic E-state index is -0.0432. The summed E-state index contributed by atoms with van der Waals surface area (Å²) in [4.78, 5) is 4.67. The zero-order valence-corrected chi connectivity index (χ0v) is 39.0. The molecule has 0 aliphatic carbocycles. The SMILES string of the molecule is [C-]#[N+]c1c(-n2c3ccc(C(C)(C)C)cc3c3cc(C(C)(C)C)ccc32)cc2c(c1-n1c3ccc(C(C)(C)C)cc3c3cc(C(C)(C)C)ccc31)c1ccccc1n2-c1ccccc1. The van der Waals surface area contributed by atoms with E-state index in [9.17, 15) is 6.57 Å². The molecule has 3 heterocycles. The summed E-state index contributed by atoms with van der Waals surface area (Å²) in [5.41, 5.74) is 15.0. The minimum Gasteiger partial charge on any atom is -0.319 e. The summed E-state index contributed by atoms with van der Waals surface area (Å²) in [6, 6.07) is 49.7. The van der Waals surface area contributed by atoms with Crippen LogP contribution in [0.15, 0.2) is 133 Å². The third-order valence-corrected chi connectivity index (χ3v) is 13.5. The van der Waals surface area contributed by atoms with E-state index in [-0.39, 0.29) is 21.7 Å². The van der Waals surface area contributed by atoms with Gasteiger partial charge in [0.2, 0.25) is 5.69 Å². The van der Waals surface area contributed by atoms with E-state index < -0.39 is 0 Å². The molecule has 0 aliphatic heterocycles. The van der Waals surface area contributed by atoms with E-state index in [2.05, 4.69) is 235 Å². The van der Waals surface area contributed by atoms with Crippen LogP contribution in [0.1, 0.15) is 105 Å². The van der Waals surface area contributed by atoms with Gasteiger partial charge in [0.15, 0.2) is 0 Å². The van der Waals surface area contributed by atoms with Crippen molar-refractivity contribution in [2.75, 3.05) is 0 Å². The molecular formula is C59H58N4. The first kappa shape index (κ1) is 40.5. The van der Waals surface area contributed by atoms with Crippen LogP contribution in [-0.2, 0) is 21.7 Å². The van der Waals surface area contributed by atoms with Crippen molar-refractivity contribution in [3.63, 3.8) is 0 Å². The second kappa shape index (κ2) is 13.7. The van der Waals surface area contributed by atoms with Crippen LogP contribution >= 0.6 is 0 Å². The second-order valence-corrected chi connectivity index (χ2v) is 21.9. The third kappa shape index (κ3) is 6.30. The molecule has 0 saturated carbocycles. The molecule has 10 aromatic rings. The van der Waals surface area contributed by atoms with Gasteiger partial charge in [-0.05, 0) is 117 Å². The number of aromatic nitrogens is 3. The molecule has 63 heavy (non-hydrogen) atoms. The van der Waals surface area contributed by atoms with Crippen molar-refractivity contribution in [1.29, 1.82) is 0 Å². The molecule has 0 saturated heterocycles. The minimum absolute atomic E-state index is 0.0368. The predicted molar refractivity (Wildman–Crippen MR) is 271 cm³/mol. The third-order valence-electron chi connectivity index (χ3n) is 13.5. The van der Waals surface area contributed by atoms with Gasteiger partial charge in [0.1, 0.15) is 0 Å². The fourth-order valence-corrected chi connectivity index (χ4v) is 9.85. The standard InChI is InChI=1S/C59H58N4/c1-56(2,3)36-23-27-47-42(31-36)43-32-37(57(4,5)6)24-28-48(43)62(47)52-35-51-53(41-21-17-18-22-46(41)61(51)40-19-15-14-16-20-40)55(54(52)60-13)63-49-29-25-38(58(7,8)9)33-44(49)45-34-39(59(10,11)12)26-30-50(45)63/h14-35H,1-12H3. The highest BCUT2D eigenvalue weighted by Crippen LogP contribution is 2.49. The van der Waals surface area contributed by atoms with Crippen molar-refractivity contribution < 1.29 is 0 Å². The van der Waals surface area contributed by atoms with Gasteiger partial charge in [-0.1, -0.05) is 144 Å². The zero-order chi connectivity index (χ0) is 44.5. The lowest BCUT2D eigenvalue weighted by atomic mass is 9.85. The topological polar surface area (TPSA) is 19.1 Å². The molecule has 4 nitrogen and oxygen atoms in total. The summed E-state index contributed by atoms with van der Waals surface area (Å²) in [5, 5.41) is 6.98. The molecule has 4 heteroatoms. The summed E-state index contributed by atoms with van der Waals surface area (Å²) >= 11 is 0. The van der Waals surface area contributed by atoms with Crippen LogP contribution in [0.5, 0.6) is 0 Å². The average Bonchev–Trinajstić information content (AvgIpc) is 3.86. The van der Waals surface area contributed by atoms with E-state index in [1.807, 2.05) is 0 Å². The summed E-state index contributed by atoms with van der Waals surface area (Å²) in [6.07, 6.45) is 0. The van der Waals surface area contributed by atoms with E-state index in [0.717, 1.165) is 60.9 Å². The van der Waals surface area contributed by atoms with Crippen molar-refractivity contribution in [1.82, 2.24) is 13.7 Å². The molecule has 7 aromatic carbocycles. The van der Waals surface area contributed by atoms with Crippen LogP contribution in [0.25, 0.3) is 87.3 Å². The molecule has 0 N–H and O–H groups in total. The molecular weight excluding hydrogens is 765 g/mol. The number of hydrogen-bond acceptors (Lipinski definition) is 0. The van der Waals surface area contributed by atoms with Crippen LogP contribution in [0.2, 0.25) is 0 Å². The lowest BCUT2D eigenvalue weighted by Crippen LogP contribution is -2.10. The molecule has 3 aromatic heterocycles. The van der Waals surface area contributed by atoms with Crippen molar-refractivity contribution in [3.05, 3.63) is 167 Å². The van der Waals surface area contributed by atoms with Crippen LogP contribution in [0.3, 0.4) is 0 Å². The zero-order valence-electron chi connectivity index (χ0n) is 39.0. The Morgan fingerprint density at radius 1 is 0.365 bits per heavy atom. The van der Waals surface area contributed by atoms with Gasteiger partial charge in [-0.3, -0.25) is 0 Å². The first-order chi connectivity index (χ1) is 29.8. The van der Waals surface area contributed by atoms with E-state index in [0.29, 0.717) is 5.69 Å². The van der Waals surface area contributed by atoms with Crippen LogP contribution < -0.4 is 0 Å². The van der Waals surface area contributed by atoms with E-state index >= 15 is 0 Å². The van der Waals surface area contributed by atoms with Gasteiger partial charge < -0.3 is 13.7 Å². The Balaban J connectivity index is 1.46. The Kier molecular flexibility index (Phi) is 8.82. The molecule has 0 spiro atoms. The first-order valence-corrected chi connectivity index (χ1v) is 22.5. The lowest BCUT2D eigenvalue weighted by Gasteiger charge is -2.21. The maximum absolute atomic E-state index is 9.37. The Morgan fingerprint density at radius 3 is 1.16 bits per heavy atom. The van der Waals surface area contributed by atoms with Crippen LogP contribution in [0, 0.1) is 6.57 Å². The monoisotopic (exact) mass is 822 g/mol. The molecule has 0 radical (unpaired) electrons. The average molecular weight is 823 g/mol. The van der Waals surface area contributed by atoms with E-state index in [4.69, 9.17) is 0 Å². The normalized spacial score (nSPS) is 13.1. The lowest BCUT2D eigenvalue weighted by molar-refractivity contribution is 0.590. The maximum Gasteiger partial charge on any atom is 0.234 e. The maximum atomic E-state index is 9.37. The molecule has 0 unspecified atom stereocenters. The van der Waals surface area contributed by atoms with Crippen molar-refractivity contribution in [2.24, 2.45) is 0 Å². The van der Waals surface area contributed by atoms with Gasteiger partial charge in [-0.2, -0.15) is 0 Å². The van der Waals surface area contributed by atoms with Gasteiger partial charge in [-0.25, -0.2) is 4.85 Å². The number of rotatable bonds is 3. The Hall–Kier alpha value is -6.57. The molecule has 0 bridgehead atoms. The number of para-hydroxylation sites is 2. The molecule has 0 amide bonds. The quantitative estimate of drug-likeness (QED) is 0.158. The van der Waals surface area contributed by atoms with Crippen LogP contribution in [0.4, 0.5) is 5.69 Å². The summed E-state index contributed by atoms with van der Waals surface area (Å²) in [6.45, 7) is 36.8. The second-order valence-electron chi connectivity index (χ2n) is 21.9. The number of benzene rings is 7. The molecule has 0 aliphatic rings. The summed E-state index contributed by atoms with van der Waals surface area (Å²) < 4.78 is 7.21. The van der Waals surface area contributed by atoms with Crippen molar-refractivity contribution >= 4 is 71.1 Å². The van der Waals surface area contributed by atoms with Gasteiger partial charge >= 0.3 is 0 Å². The van der Waals surface area contributed by atoms with Crippen LogP contribution in [-0.4, -0.2) is 13.7 Å². The predicted octanol–water partition coefficient (Wildman–Crippen LogP) is 16.7. The highest BCUT2D eigenvalue weighted by atomic mass is 15.1. The number of hydrogen-bond donors (Lipinski definition) is 0.